The number of ether oxygens (including phenoxy) is 5. The first-order valence-electron chi connectivity index (χ1n) is 31.8. The fourth-order valence-electron chi connectivity index (χ4n) is 10.6. The minimum atomic E-state index is -4.97. The number of aliphatic hydroxyl groups excluding tert-OH is 2. The average Bonchev–Trinajstić information content (AvgIpc) is 1.09. The van der Waals surface area contributed by atoms with E-state index in [-0.39, 0.29) is 58.2 Å². The van der Waals surface area contributed by atoms with Gasteiger partial charge in [0.05, 0.1) is 63.4 Å². The van der Waals surface area contributed by atoms with Crippen molar-refractivity contribution in [2.75, 3.05) is 67.9 Å². The predicted octanol–water partition coefficient (Wildman–Crippen LogP) is 8.11. The van der Waals surface area contributed by atoms with Crippen molar-refractivity contribution < 1.29 is 87.1 Å². The molecule has 0 radical (unpaired) electrons. The van der Waals surface area contributed by atoms with E-state index in [2.05, 4.69) is 17.2 Å². The lowest BCUT2D eigenvalue weighted by atomic mass is 10.0. The fraction of sp³-hybridized carbons (Fsp3) is 0.412. The van der Waals surface area contributed by atoms with Gasteiger partial charge in [0, 0.05) is 69.9 Å². The highest BCUT2D eigenvalue weighted by Gasteiger charge is 2.36. The quantitative estimate of drug-likeness (QED) is 0.0122. The lowest BCUT2D eigenvalue weighted by Crippen LogP contribution is -2.41. The summed E-state index contributed by atoms with van der Waals surface area (Å²) in [4.78, 5) is 32.5. The van der Waals surface area contributed by atoms with Crippen molar-refractivity contribution in [1.29, 1.82) is 0 Å². The normalized spacial score (nSPS) is 15.0. The number of aromatic hydroxyl groups is 1. The average molecular weight is 1420 g/mol. The molecule has 25 nitrogen and oxygen atoms in total. The molecule has 0 saturated carbocycles. The smallest absolute Gasteiger partial charge is 0.410 e. The molecule has 2 atom stereocenters. The molecule has 8 rings (SSSR count). The monoisotopic (exact) mass is 1420 g/mol. The van der Waals surface area contributed by atoms with Crippen molar-refractivity contribution in [2.45, 2.75) is 142 Å². The van der Waals surface area contributed by atoms with Gasteiger partial charge in [-0.25, -0.2) is 45.1 Å². The van der Waals surface area contributed by atoms with Gasteiger partial charge >= 0.3 is 12.1 Å². The first-order valence-corrected chi connectivity index (χ1v) is 37.8. The fourth-order valence-corrected chi connectivity index (χ4v) is 14.5. The molecule has 0 bridgehead atoms. The summed E-state index contributed by atoms with van der Waals surface area (Å²) in [5.41, 5.74) is 2.67. The number of nitrogens with zero attached hydrogens (tertiary/aromatic N) is 3. The van der Waals surface area contributed by atoms with Crippen LogP contribution in [0.15, 0.2) is 153 Å². The third kappa shape index (κ3) is 21.9. The zero-order chi connectivity index (χ0) is 69.8. The van der Waals surface area contributed by atoms with Gasteiger partial charge in [0.2, 0.25) is 25.8 Å². The minimum absolute atomic E-state index is 0.0281. The molecule has 2 aliphatic heterocycles. The number of hydrogen-bond donors (Lipinski definition) is 6. The van der Waals surface area contributed by atoms with Gasteiger partial charge in [-0.15, -0.1) is 0 Å². The van der Waals surface area contributed by atoms with Gasteiger partial charge in [-0.1, -0.05) is 84.5 Å². The van der Waals surface area contributed by atoms with Gasteiger partial charge in [-0.3, -0.25) is 4.31 Å². The van der Waals surface area contributed by atoms with E-state index in [0.717, 1.165) is 105 Å². The van der Waals surface area contributed by atoms with Gasteiger partial charge < -0.3 is 54.1 Å². The molecular weight excluding hydrogens is 1330 g/mol. The molecule has 0 spiro atoms. The number of anilines is 2. The van der Waals surface area contributed by atoms with Crippen LogP contribution >= 0.6 is 0 Å². The topological polar surface area (TPSA) is 361 Å². The van der Waals surface area contributed by atoms with Crippen LogP contribution in [0.4, 0.5) is 16.2 Å². The lowest BCUT2D eigenvalue weighted by molar-refractivity contribution is -0.180. The Bertz CT molecular complexity index is 4220. The van der Waals surface area contributed by atoms with E-state index in [4.69, 9.17) is 38.8 Å². The van der Waals surface area contributed by atoms with Gasteiger partial charge in [-0.05, 0) is 159 Å². The van der Waals surface area contributed by atoms with E-state index in [1.165, 1.54) is 54.6 Å². The Morgan fingerprint density at radius 2 is 1.34 bits per heavy atom. The number of aliphatic hydroxyl groups is 2. The standard InChI is InChI=1S/C68H84N6O19S4/c1-68(2)90-49-55-42-53(30-32-64(55)92-68)65-46-72(67(79)91-65)34-10-4-6-12-36-89-38-13-7-19-50-21-15-27-60(39-50)96(84,85)73(56-23-17-25-58(43-56)94(69,80)81)47-66(78)93-74(57-24-18-26-59(44-57)95(70,82)83)97(86,87)61-28-16-22-51(40-61)20-8-14-37-88-35-11-5-3-9-33-71-45-63(77)52-29-31-62(76)54(41-52)48-75/h15-18,21-32,39-44,63,65,71,75-77H,3-6,8-14,20,33-38,45-49H2,1-2H3,(H2,69,80,81)(H2,70,82,83)/t63-,65+/m1/s1. The molecule has 0 unspecified atom stereocenters. The number of sulfonamides is 4. The number of cyclic esters (lactones) is 1. The largest absolute Gasteiger partial charge is 0.508 e. The summed E-state index contributed by atoms with van der Waals surface area (Å²) in [6.45, 7) is 6.26. The zero-order valence-corrected chi connectivity index (χ0v) is 57.4. The second-order valence-electron chi connectivity index (χ2n) is 23.8. The number of amides is 1. The van der Waals surface area contributed by atoms with Gasteiger partial charge in [0.15, 0.2) is 0 Å². The summed E-state index contributed by atoms with van der Waals surface area (Å²) >= 11 is 0. The first-order chi connectivity index (χ1) is 46.2. The number of fused-ring (bicyclic) bond motifs is 1. The molecule has 0 aromatic heterocycles. The number of carbonyl (C=O) groups excluding carboxylic acids is 2. The summed E-state index contributed by atoms with van der Waals surface area (Å²) in [6, 6.07) is 30.2. The maximum Gasteiger partial charge on any atom is 0.410 e. The minimum Gasteiger partial charge on any atom is -0.508 e. The van der Waals surface area contributed by atoms with Crippen LogP contribution in [0.2, 0.25) is 0 Å². The van der Waals surface area contributed by atoms with Crippen molar-refractivity contribution in [2.24, 2.45) is 10.3 Å². The zero-order valence-electron chi connectivity index (χ0n) is 54.1. The van der Waals surface area contributed by atoms with Crippen molar-refractivity contribution in [3.05, 3.63) is 167 Å². The number of carbonyl (C=O) groups is 2. The van der Waals surface area contributed by atoms with Crippen molar-refractivity contribution in [1.82, 2.24) is 10.2 Å². The Hall–Kier alpha value is -7.70. The molecule has 524 valence electrons. The second-order valence-corrected chi connectivity index (χ2v) is 30.5. The molecule has 6 aromatic carbocycles. The van der Waals surface area contributed by atoms with Gasteiger partial charge in [-0.2, -0.15) is 8.42 Å². The number of primary sulfonamides is 2. The lowest BCUT2D eigenvalue weighted by Gasteiger charge is -2.32. The Kier molecular flexibility index (Phi) is 26.8. The molecule has 1 saturated heterocycles. The molecule has 97 heavy (non-hydrogen) atoms. The third-order valence-electron chi connectivity index (χ3n) is 15.8. The summed E-state index contributed by atoms with van der Waals surface area (Å²) in [6.07, 6.45) is 7.28. The number of benzene rings is 6. The van der Waals surface area contributed by atoms with E-state index in [0.29, 0.717) is 92.9 Å². The Morgan fingerprint density at radius 3 is 2.05 bits per heavy atom. The number of aryl methyl sites for hydroxylation is 1. The number of rotatable bonds is 37. The molecular formula is C68H84N6O19S4. The van der Waals surface area contributed by atoms with Crippen LogP contribution in [0, 0.1) is 11.8 Å². The molecule has 1 fully saturated rings. The van der Waals surface area contributed by atoms with Crippen LogP contribution < -0.4 is 29.1 Å². The van der Waals surface area contributed by atoms with Gasteiger partial charge in [0.25, 0.3) is 20.0 Å². The second kappa shape index (κ2) is 34.7. The van der Waals surface area contributed by atoms with Crippen molar-refractivity contribution in [3.63, 3.8) is 0 Å². The SMILES string of the molecule is CC1(C)OCc2cc([C@@H]3CN(CCCCCCOCCC#Cc4cccc(S(=O)(=O)N(CC(=O)ON(c5cccc(S(N)(=O)=O)c5)S(=O)(=O)c5cccc(CCCCOCCCCCCNC[C@@H](O)c6ccc(O)c(CO)c6)c5)c5cccc(S(N)(=O)=O)c5)c4)C(=O)O3)ccc2O1. The van der Waals surface area contributed by atoms with E-state index < -0.39 is 84.9 Å². The first kappa shape index (κ1) is 75.1. The maximum atomic E-state index is 14.8. The van der Waals surface area contributed by atoms with E-state index in [9.17, 15) is 58.6 Å². The number of hydrogen-bond acceptors (Lipinski definition) is 20. The highest BCUT2D eigenvalue weighted by atomic mass is 32.2. The van der Waals surface area contributed by atoms with Crippen LogP contribution in [0.5, 0.6) is 11.5 Å². The predicted molar refractivity (Wildman–Crippen MR) is 360 cm³/mol. The Balaban J connectivity index is 0.829. The molecule has 1 amide bonds. The van der Waals surface area contributed by atoms with Crippen LogP contribution in [-0.2, 0) is 88.3 Å². The molecule has 0 aliphatic carbocycles. The highest BCUT2D eigenvalue weighted by molar-refractivity contribution is 7.93. The molecule has 8 N–H and O–H groups in total. The Morgan fingerprint density at radius 1 is 0.711 bits per heavy atom. The Labute approximate surface area is 567 Å². The number of nitrogens with two attached hydrogens (primary N) is 2. The highest BCUT2D eigenvalue weighted by Crippen LogP contribution is 2.36. The molecule has 6 aromatic rings. The van der Waals surface area contributed by atoms with E-state index in [1.54, 1.807) is 29.2 Å². The van der Waals surface area contributed by atoms with Crippen molar-refractivity contribution >= 4 is 63.5 Å². The van der Waals surface area contributed by atoms with Crippen LogP contribution in [0.1, 0.15) is 130 Å². The van der Waals surface area contributed by atoms with Crippen LogP contribution in [0.3, 0.4) is 0 Å². The van der Waals surface area contributed by atoms with Gasteiger partial charge in [0.1, 0.15) is 24.1 Å². The summed E-state index contributed by atoms with van der Waals surface area (Å²) < 4.78 is 139. The molecule has 2 aliphatic rings. The summed E-state index contributed by atoms with van der Waals surface area (Å²) in [5, 5.41) is 43.7. The number of unbranched alkanes of at least 4 members (excludes halogenated alkanes) is 7. The maximum absolute atomic E-state index is 14.8. The summed E-state index contributed by atoms with van der Waals surface area (Å²) in [5.74, 6) is 4.38. The molecule has 2 heterocycles. The van der Waals surface area contributed by atoms with E-state index >= 15 is 0 Å². The van der Waals surface area contributed by atoms with Crippen LogP contribution in [0.25, 0.3) is 0 Å². The number of phenols is 1. The van der Waals surface area contributed by atoms with Crippen molar-refractivity contribution in [3.8, 4) is 23.3 Å². The third-order valence-corrected chi connectivity index (χ3v) is 21.0. The number of nitrogens with one attached hydrogen (secondary N) is 1. The molecule has 29 heteroatoms. The van der Waals surface area contributed by atoms with E-state index in [1.807, 2.05) is 32.0 Å². The summed E-state index contributed by atoms with van der Waals surface area (Å²) in [7, 11) is -18.8. The van der Waals surface area contributed by atoms with Crippen LogP contribution in [-0.4, -0.2) is 131 Å².